The van der Waals surface area contributed by atoms with Gasteiger partial charge in [-0.2, -0.15) is 10.2 Å². The summed E-state index contributed by atoms with van der Waals surface area (Å²) in [6.45, 7) is 7.15. The van der Waals surface area contributed by atoms with Crippen molar-refractivity contribution in [3.8, 4) is 34.7 Å². The summed E-state index contributed by atoms with van der Waals surface area (Å²) in [7, 11) is 0. The molecule has 1 aliphatic rings. The van der Waals surface area contributed by atoms with E-state index in [-0.39, 0.29) is 12.7 Å². The van der Waals surface area contributed by atoms with Gasteiger partial charge in [0.1, 0.15) is 11.8 Å². The number of amides is 1. The Morgan fingerprint density at radius 1 is 1.28 bits per heavy atom. The van der Waals surface area contributed by atoms with E-state index in [0.29, 0.717) is 48.1 Å². The summed E-state index contributed by atoms with van der Waals surface area (Å²) in [5.74, 6) is 0.911. The summed E-state index contributed by atoms with van der Waals surface area (Å²) in [5.41, 5.74) is 11.0. The molecule has 188 valence electrons. The van der Waals surface area contributed by atoms with E-state index >= 15 is 0 Å². The Labute approximate surface area is 210 Å². The number of nitrogens with zero attached hydrogens (tertiary/aromatic N) is 4. The van der Waals surface area contributed by atoms with Gasteiger partial charge in [-0.3, -0.25) is 9.69 Å². The maximum atomic E-state index is 11.9. The quantitative estimate of drug-likeness (QED) is 0.492. The second-order valence-electron chi connectivity index (χ2n) is 9.25. The van der Waals surface area contributed by atoms with Crippen molar-refractivity contribution in [3.05, 3.63) is 52.6 Å². The van der Waals surface area contributed by atoms with Crippen molar-refractivity contribution < 1.29 is 19.2 Å². The minimum atomic E-state index is -0.473. The molecule has 0 saturated heterocycles. The number of benzene rings is 2. The van der Waals surface area contributed by atoms with E-state index in [9.17, 15) is 15.2 Å². The number of nitrogens with two attached hydrogens (primary N) is 1. The van der Waals surface area contributed by atoms with Crippen LogP contribution >= 0.6 is 0 Å². The van der Waals surface area contributed by atoms with Crippen LogP contribution < -0.4 is 10.5 Å². The second kappa shape index (κ2) is 10.9. The van der Waals surface area contributed by atoms with Crippen LogP contribution in [0.3, 0.4) is 0 Å². The molecule has 9 heteroatoms. The van der Waals surface area contributed by atoms with Gasteiger partial charge in [0.15, 0.2) is 0 Å². The number of rotatable bonds is 8. The van der Waals surface area contributed by atoms with Gasteiger partial charge >= 0.3 is 0 Å². The topological polar surface area (TPSA) is 138 Å². The summed E-state index contributed by atoms with van der Waals surface area (Å²) >= 11 is 0. The lowest BCUT2D eigenvalue weighted by molar-refractivity contribution is -0.123. The number of nitriles is 1. The number of primary amides is 1. The van der Waals surface area contributed by atoms with Crippen LogP contribution in [0.25, 0.3) is 22.8 Å². The molecule has 2 heterocycles. The maximum absolute atomic E-state index is 11.9. The number of carbonyl (C=O) groups is 1. The summed E-state index contributed by atoms with van der Waals surface area (Å²) in [6, 6.07) is 11.0. The fourth-order valence-corrected chi connectivity index (χ4v) is 4.76. The molecule has 1 atom stereocenters. The first kappa shape index (κ1) is 25.4. The fraction of sp³-hybridized carbons (Fsp3) is 0.407. The van der Waals surface area contributed by atoms with Crippen molar-refractivity contribution in [2.24, 2.45) is 5.73 Å². The van der Waals surface area contributed by atoms with Gasteiger partial charge in [0, 0.05) is 30.8 Å². The lowest BCUT2D eigenvalue weighted by atomic mass is 9.93. The van der Waals surface area contributed by atoms with Crippen LogP contribution in [0.15, 0.2) is 34.9 Å². The van der Waals surface area contributed by atoms with Crippen molar-refractivity contribution in [2.45, 2.75) is 52.2 Å². The minimum Gasteiger partial charge on any atom is -0.490 e. The third-order valence-corrected chi connectivity index (χ3v) is 6.56. The molecule has 1 aromatic heterocycles. The Kier molecular flexibility index (Phi) is 7.67. The van der Waals surface area contributed by atoms with E-state index in [1.54, 1.807) is 18.2 Å². The molecule has 4 rings (SSSR count). The van der Waals surface area contributed by atoms with Crippen molar-refractivity contribution in [2.75, 3.05) is 19.7 Å². The average Bonchev–Trinajstić information content (AvgIpc) is 3.23. The number of fused-ring (bicyclic) bond motifs is 1. The second-order valence-corrected chi connectivity index (χ2v) is 9.25. The van der Waals surface area contributed by atoms with Crippen LogP contribution in [0, 0.1) is 18.3 Å². The molecule has 2 aromatic carbocycles. The largest absolute Gasteiger partial charge is 0.490 e. The minimum absolute atomic E-state index is 0.0439. The summed E-state index contributed by atoms with van der Waals surface area (Å²) in [6.07, 6.45) is 1.82. The zero-order valence-electron chi connectivity index (χ0n) is 20.8. The van der Waals surface area contributed by atoms with E-state index in [1.807, 2.05) is 26.8 Å². The van der Waals surface area contributed by atoms with Crippen LogP contribution in [0.4, 0.5) is 0 Å². The molecule has 36 heavy (non-hydrogen) atoms. The van der Waals surface area contributed by atoms with Gasteiger partial charge in [0.25, 0.3) is 5.89 Å². The molecule has 3 aromatic rings. The number of hydrogen-bond donors (Lipinski definition) is 2. The van der Waals surface area contributed by atoms with Gasteiger partial charge in [0.05, 0.1) is 17.7 Å². The Morgan fingerprint density at radius 3 is 2.75 bits per heavy atom. The molecular weight excluding hydrogens is 458 g/mol. The Balaban J connectivity index is 1.59. The smallest absolute Gasteiger partial charge is 0.258 e. The van der Waals surface area contributed by atoms with Crippen LogP contribution in [0.2, 0.25) is 0 Å². The van der Waals surface area contributed by atoms with Crippen molar-refractivity contribution in [1.29, 1.82) is 5.26 Å². The van der Waals surface area contributed by atoms with Gasteiger partial charge < -0.3 is 20.1 Å². The molecule has 0 saturated carbocycles. The van der Waals surface area contributed by atoms with Crippen LogP contribution in [0.1, 0.15) is 42.5 Å². The summed E-state index contributed by atoms with van der Waals surface area (Å²) < 4.78 is 11.3. The number of aliphatic hydroxyl groups is 1. The van der Waals surface area contributed by atoms with Crippen LogP contribution in [-0.2, 0) is 17.6 Å². The van der Waals surface area contributed by atoms with Gasteiger partial charge in [0.2, 0.25) is 11.7 Å². The number of aromatic nitrogens is 2. The standard InChI is InChI=1S/C27H31N5O4/c1-16(2)35-24-7-5-19(14-20(24)15-28)27-30-26(31-36-27)22-6-4-18-8-11-32(12-9-21(18)17(22)3)23(10-13-33)25(29)34/h4-7,14,16,23,33H,8-13H2,1-3H3,(H2,29,34). The van der Waals surface area contributed by atoms with Crippen molar-refractivity contribution >= 4 is 5.91 Å². The highest BCUT2D eigenvalue weighted by atomic mass is 16.5. The number of aliphatic hydroxyl groups excluding tert-OH is 1. The van der Waals surface area contributed by atoms with E-state index in [4.69, 9.17) is 15.0 Å². The van der Waals surface area contributed by atoms with Crippen LogP contribution in [-0.4, -0.2) is 57.9 Å². The molecule has 1 unspecified atom stereocenters. The molecule has 1 amide bonds. The Morgan fingerprint density at radius 2 is 2.06 bits per heavy atom. The molecular formula is C27H31N5O4. The third-order valence-electron chi connectivity index (χ3n) is 6.56. The lowest BCUT2D eigenvalue weighted by Crippen LogP contribution is -2.46. The highest BCUT2D eigenvalue weighted by molar-refractivity contribution is 5.79. The zero-order chi connectivity index (χ0) is 25.8. The van der Waals surface area contributed by atoms with Crippen molar-refractivity contribution in [3.63, 3.8) is 0 Å². The van der Waals surface area contributed by atoms with Crippen molar-refractivity contribution in [1.82, 2.24) is 15.0 Å². The first-order valence-electron chi connectivity index (χ1n) is 12.1. The molecule has 0 aliphatic carbocycles. The first-order valence-corrected chi connectivity index (χ1v) is 12.1. The zero-order valence-corrected chi connectivity index (χ0v) is 20.8. The normalized spacial score (nSPS) is 14.7. The molecule has 0 fully saturated rings. The van der Waals surface area contributed by atoms with Gasteiger partial charge in [-0.25, -0.2) is 0 Å². The van der Waals surface area contributed by atoms with E-state index in [2.05, 4.69) is 27.2 Å². The van der Waals surface area contributed by atoms with E-state index < -0.39 is 11.9 Å². The lowest BCUT2D eigenvalue weighted by Gasteiger charge is -2.27. The number of ether oxygens (including phenoxy) is 1. The monoisotopic (exact) mass is 489 g/mol. The summed E-state index contributed by atoms with van der Waals surface area (Å²) in [4.78, 5) is 18.6. The third kappa shape index (κ3) is 5.25. The maximum Gasteiger partial charge on any atom is 0.258 e. The average molecular weight is 490 g/mol. The summed E-state index contributed by atoms with van der Waals surface area (Å²) in [5, 5.41) is 23.1. The highest BCUT2D eigenvalue weighted by Gasteiger charge is 2.27. The molecule has 0 radical (unpaired) electrons. The van der Waals surface area contributed by atoms with Gasteiger partial charge in [-0.05, 0) is 74.9 Å². The predicted octanol–water partition coefficient (Wildman–Crippen LogP) is 3.01. The van der Waals surface area contributed by atoms with E-state index in [0.717, 1.165) is 24.0 Å². The molecule has 9 nitrogen and oxygen atoms in total. The Bertz CT molecular complexity index is 1290. The molecule has 3 N–H and O–H groups in total. The van der Waals surface area contributed by atoms with Gasteiger partial charge in [-0.15, -0.1) is 0 Å². The number of carbonyl (C=O) groups excluding carboxylic acids is 1. The molecule has 0 bridgehead atoms. The predicted molar refractivity (Wildman–Crippen MR) is 134 cm³/mol. The Hall–Kier alpha value is -3.74. The first-order chi connectivity index (χ1) is 17.3. The highest BCUT2D eigenvalue weighted by Crippen LogP contribution is 2.32. The SMILES string of the molecule is Cc1c(-c2noc(-c3ccc(OC(C)C)c(C#N)c3)n2)ccc2c1CCN(C(CCO)C(N)=O)CC2. The van der Waals surface area contributed by atoms with Crippen LogP contribution in [0.5, 0.6) is 5.75 Å². The molecule has 1 aliphatic heterocycles. The fourth-order valence-electron chi connectivity index (χ4n) is 4.76. The molecule has 0 spiro atoms. The van der Waals surface area contributed by atoms with Gasteiger partial charge in [-0.1, -0.05) is 17.3 Å². The van der Waals surface area contributed by atoms with E-state index in [1.165, 1.54) is 11.1 Å². The number of hydrogen-bond acceptors (Lipinski definition) is 8.